The Morgan fingerprint density at radius 2 is 1.55 bits per heavy atom. The number of nitrogens with two attached hydrogens (primary N) is 1. The minimum atomic E-state index is -0.612. The van der Waals surface area contributed by atoms with Crippen molar-refractivity contribution in [3.05, 3.63) is 71.8 Å². The van der Waals surface area contributed by atoms with Gasteiger partial charge in [-0.3, -0.25) is 0 Å². The third-order valence-corrected chi connectivity index (χ3v) is 3.99. The normalized spacial score (nSPS) is 25.0. The van der Waals surface area contributed by atoms with Gasteiger partial charge < -0.3 is 15.2 Å². The van der Waals surface area contributed by atoms with E-state index in [0.29, 0.717) is 0 Å². The van der Waals surface area contributed by atoms with Crippen LogP contribution in [0.2, 0.25) is 0 Å². The van der Waals surface area contributed by atoms with Crippen LogP contribution in [0.1, 0.15) is 31.1 Å². The highest BCUT2D eigenvalue weighted by molar-refractivity contribution is 5.22. The molecule has 3 atom stereocenters. The van der Waals surface area contributed by atoms with Crippen molar-refractivity contribution in [2.75, 3.05) is 0 Å². The van der Waals surface area contributed by atoms with Gasteiger partial charge in [0.05, 0.1) is 0 Å². The lowest BCUT2D eigenvalue weighted by molar-refractivity contribution is -0.148. The van der Waals surface area contributed by atoms with Crippen LogP contribution in [0, 0.1) is 0 Å². The summed E-state index contributed by atoms with van der Waals surface area (Å²) < 4.78 is 12.2. The predicted molar refractivity (Wildman–Crippen MR) is 87.3 cm³/mol. The lowest BCUT2D eigenvalue weighted by atomic mass is 9.95. The molecule has 2 aromatic carbocycles. The van der Waals surface area contributed by atoms with Gasteiger partial charge in [-0.1, -0.05) is 60.7 Å². The molecular weight excluding hydrogens is 274 g/mol. The van der Waals surface area contributed by atoms with E-state index in [0.717, 1.165) is 12.0 Å². The second-order valence-electron chi connectivity index (χ2n) is 6.29. The average molecular weight is 297 g/mol. The number of ether oxygens (including phenoxy) is 2. The molecule has 1 fully saturated rings. The molecule has 0 bridgehead atoms. The number of hydrogen-bond acceptors (Lipinski definition) is 3. The van der Waals surface area contributed by atoms with Crippen molar-refractivity contribution in [2.45, 2.75) is 44.3 Å². The van der Waals surface area contributed by atoms with Gasteiger partial charge in [-0.15, -0.1) is 0 Å². The van der Waals surface area contributed by atoms with E-state index in [9.17, 15) is 0 Å². The Bertz CT molecular complexity index is 597. The van der Waals surface area contributed by atoms with Gasteiger partial charge in [0.25, 0.3) is 0 Å². The van der Waals surface area contributed by atoms with Crippen molar-refractivity contribution in [3.63, 3.8) is 0 Å². The summed E-state index contributed by atoms with van der Waals surface area (Å²) in [6.45, 7) is 3.89. The van der Waals surface area contributed by atoms with Crippen molar-refractivity contribution in [2.24, 2.45) is 5.73 Å². The molecule has 116 valence electrons. The fourth-order valence-corrected chi connectivity index (χ4v) is 3.00. The third kappa shape index (κ3) is 3.38. The van der Waals surface area contributed by atoms with Crippen LogP contribution >= 0.6 is 0 Å². The van der Waals surface area contributed by atoms with E-state index < -0.39 is 5.79 Å². The van der Waals surface area contributed by atoms with Crippen LogP contribution in [0.15, 0.2) is 60.7 Å². The summed E-state index contributed by atoms with van der Waals surface area (Å²) >= 11 is 0. The van der Waals surface area contributed by atoms with Gasteiger partial charge in [0.1, 0.15) is 12.2 Å². The molecule has 2 aromatic rings. The first-order valence-electron chi connectivity index (χ1n) is 7.75. The monoisotopic (exact) mass is 297 g/mol. The maximum absolute atomic E-state index is 6.45. The highest BCUT2D eigenvalue weighted by atomic mass is 16.8. The third-order valence-electron chi connectivity index (χ3n) is 3.99. The molecule has 1 saturated heterocycles. The van der Waals surface area contributed by atoms with E-state index in [-0.39, 0.29) is 18.2 Å². The molecular formula is C19H23NO2. The van der Waals surface area contributed by atoms with E-state index in [1.54, 1.807) is 0 Å². The Morgan fingerprint density at radius 3 is 2.18 bits per heavy atom. The Kier molecular flexibility index (Phi) is 4.30. The van der Waals surface area contributed by atoms with Crippen LogP contribution in [-0.2, 0) is 15.9 Å². The maximum Gasteiger partial charge on any atom is 0.164 e. The van der Waals surface area contributed by atoms with Crippen molar-refractivity contribution >= 4 is 0 Å². The largest absolute Gasteiger partial charge is 0.343 e. The molecule has 22 heavy (non-hydrogen) atoms. The molecule has 0 spiro atoms. The molecule has 3 heteroatoms. The zero-order valence-electron chi connectivity index (χ0n) is 13.1. The second-order valence-corrected chi connectivity index (χ2v) is 6.29. The smallest absolute Gasteiger partial charge is 0.164 e. The molecule has 1 heterocycles. The van der Waals surface area contributed by atoms with Crippen molar-refractivity contribution in [1.29, 1.82) is 0 Å². The van der Waals surface area contributed by atoms with Crippen LogP contribution in [-0.4, -0.2) is 17.9 Å². The summed E-state index contributed by atoms with van der Waals surface area (Å²) in [6.07, 6.45) is 0.487. The SMILES string of the molecule is CC1(C)O[C@@H]([C@H](N)Cc2ccccc2)[C@H](c2ccccc2)O1. The van der Waals surface area contributed by atoms with Gasteiger partial charge in [-0.2, -0.15) is 0 Å². The molecule has 0 aliphatic carbocycles. The summed E-state index contributed by atoms with van der Waals surface area (Å²) in [6, 6.07) is 20.3. The first kappa shape index (κ1) is 15.2. The molecule has 1 aliphatic heterocycles. The number of benzene rings is 2. The van der Waals surface area contributed by atoms with E-state index in [4.69, 9.17) is 15.2 Å². The molecule has 0 amide bonds. The van der Waals surface area contributed by atoms with Crippen LogP contribution in [0.4, 0.5) is 0 Å². The first-order valence-corrected chi connectivity index (χ1v) is 7.75. The Morgan fingerprint density at radius 1 is 0.955 bits per heavy atom. The quantitative estimate of drug-likeness (QED) is 0.940. The van der Waals surface area contributed by atoms with Crippen molar-refractivity contribution in [1.82, 2.24) is 0 Å². The fourth-order valence-electron chi connectivity index (χ4n) is 3.00. The zero-order valence-corrected chi connectivity index (χ0v) is 13.1. The minimum Gasteiger partial charge on any atom is -0.343 e. The molecule has 0 radical (unpaired) electrons. The van der Waals surface area contributed by atoms with Gasteiger partial charge in [-0.25, -0.2) is 0 Å². The Balaban J connectivity index is 1.80. The zero-order chi connectivity index (χ0) is 15.6. The minimum absolute atomic E-state index is 0.116. The second kappa shape index (κ2) is 6.21. The van der Waals surface area contributed by atoms with Gasteiger partial charge in [0.15, 0.2) is 5.79 Å². The summed E-state index contributed by atoms with van der Waals surface area (Å²) in [4.78, 5) is 0. The van der Waals surface area contributed by atoms with Crippen molar-refractivity contribution in [3.8, 4) is 0 Å². The first-order chi connectivity index (χ1) is 10.6. The molecule has 3 rings (SSSR count). The van der Waals surface area contributed by atoms with Crippen molar-refractivity contribution < 1.29 is 9.47 Å². The fraction of sp³-hybridized carbons (Fsp3) is 0.368. The number of hydrogen-bond donors (Lipinski definition) is 1. The average Bonchev–Trinajstić information content (AvgIpc) is 2.85. The summed E-state index contributed by atoms with van der Waals surface area (Å²) in [5.74, 6) is -0.612. The summed E-state index contributed by atoms with van der Waals surface area (Å²) in [5, 5.41) is 0. The highest BCUT2D eigenvalue weighted by Gasteiger charge is 2.44. The van der Waals surface area contributed by atoms with Gasteiger partial charge >= 0.3 is 0 Å². The lowest BCUT2D eigenvalue weighted by Gasteiger charge is -2.23. The molecule has 3 nitrogen and oxygen atoms in total. The standard InChI is InChI=1S/C19H23NO2/c1-19(2)21-17(15-11-7-4-8-12-15)18(22-19)16(20)13-14-9-5-3-6-10-14/h3-12,16-18H,13,20H2,1-2H3/t16-,17+,18+/m1/s1. The van der Waals surface area contributed by atoms with E-state index in [2.05, 4.69) is 24.3 Å². The molecule has 1 aliphatic rings. The topological polar surface area (TPSA) is 44.5 Å². The lowest BCUT2D eigenvalue weighted by Crippen LogP contribution is -2.40. The van der Waals surface area contributed by atoms with Gasteiger partial charge in [0.2, 0.25) is 0 Å². The maximum atomic E-state index is 6.45. The molecule has 0 unspecified atom stereocenters. The molecule has 0 saturated carbocycles. The van der Waals surface area contributed by atoms with E-state index >= 15 is 0 Å². The van der Waals surface area contributed by atoms with E-state index in [1.165, 1.54) is 5.56 Å². The van der Waals surface area contributed by atoms with Gasteiger partial charge in [0, 0.05) is 6.04 Å². The molecule has 0 aromatic heterocycles. The van der Waals surface area contributed by atoms with Crippen LogP contribution in [0.25, 0.3) is 0 Å². The van der Waals surface area contributed by atoms with Crippen LogP contribution in [0.5, 0.6) is 0 Å². The van der Waals surface area contributed by atoms with Gasteiger partial charge in [-0.05, 0) is 31.4 Å². The molecule has 2 N–H and O–H groups in total. The predicted octanol–water partition coefficient (Wildman–Crippen LogP) is 3.45. The van der Waals surface area contributed by atoms with E-state index in [1.807, 2.05) is 50.2 Å². The highest BCUT2D eigenvalue weighted by Crippen LogP contribution is 2.39. The Labute approximate surface area is 132 Å². The van der Waals surface area contributed by atoms with Crippen LogP contribution < -0.4 is 5.73 Å². The summed E-state index contributed by atoms with van der Waals surface area (Å²) in [5.41, 5.74) is 8.79. The number of rotatable bonds is 4. The van der Waals surface area contributed by atoms with Crippen LogP contribution in [0.3, 0.4) is 0 Å². The summed E-state index contributed by atoms with van der Waals surface area (Å²) in [7, 11) is 0. The Hall–Kier alpha value is -1.68.